The summed E-state index contributed by atoms with van der Waals surface area (Å²) in [6.45, 7) is 3.35. The average Bonchev–Trinajstić information content (AvgIpc) is 2.37. The summed E-state index contributed by atoms with van der Waals surface area (Å²) in [5, 5.41) is 11.1. The van der Waals surface area contributed by atoms with Crippen molar-refractivity contribution < 1.29 is 4.92 Å². The zero-order valence-electron chi connectivity index (χ0n) is 9.75. The van der Waals surface area contributed by atoms with Crippen molar-refractivity contribution in [3.8, 4) is 0 Å². The Balaban J connectivity index is 2.59. The Morgan fingerprint density at radius 2 is 2.00 bits per heavy atom. The maximum absolute atomic E-state index is 11.1. The van der Waals surface area contributed by atoms with Crippen LogP contribution in [0.1, 0.15) is 26.0 Å². The Labute approximate surface area is 98.7 Å². The van der Waals surface area contributed by atoms with Crippen molar-refractivity contribution in [1.82, 2.24) is 9.97 Å². The fourth-order valence-corrected chi connectivity index (χ4v) is 1.62. The van der Waals surface area contributed by atoms with Crippen LogP contribution in [0.15, 0.2) is 30.5 Å². The first kappa shape index (κ1) is 11.4. The summed E-state index contributed by atoms with van der Waals surface area (Å²) in [6, 6.07) is 7.35. The van der Waals surface area contributed by atoms with E-state index in [9.17, 15) is 10.1 Å². The number of aromatic nitrogens is 2. The van der Waals surface area contributed by atoms with E-state index in [2.05, 4.69) is 9.97 Å². The molecule has 1 unspecified atom stereocenters. The van der Waals surface area contributed by atoms with Gasteiger partial charge in [0, 0.05) is 18.3 Å². The van der Waals surface area contributed by atoms with Crippen molar-refractivity contribution in [2.45, 2.75) is 25.8 Å². The molecule has 0 saturated carbocycles. The molecule has 0 saturated heterocycles. The zero-order chi connectivity index (χ0) is 12.5. The predicted octanol–water partition coefficient (Wildman–Crippen LogP) is 2.53. The van der Waals surface area contributed by atoms with Gasteiger partial charge in [0.1, 0.15) is 5.69 Å². The quantitative estimate of drug-likeness (QED) is 0.601. The summed E-state index contributed by atoms with van der Waals surface area (Å²) in [5.74, 6) is 0. The minimum absolute atomic E-state index is 0.300. The number of fused-ring (bicyclic) bond motifs is 1. The third kappa shape index (κ3) is 1.84. The highest BCUT2D eigenvalue weighted by molar-refractivity contribution is 5.73. The molecule has 17 heavy (non-hydrogen) atoms. The molecule has 1 aromatic carbocycles. The Morgan fingerprint density at radius 1 is 1.35 bits per heavy atom. The van der Waals surface area contributed by atoms with Crippen LogP contribution in [0.4, 0.5) is 0 Å². The first-order chi connectivity index (χ1) is 8.08. The third-order valence-electron chi connectivity index (χ3n) is 3.09. The predicted molar refractivity (Wildman–Crippen MR) is 64.2 cm³/mol. The minimum atomic E-state index is -1.17. The Kier molecular flexibility index (Phi) is 2.75. The smallest absolute Gasteiger partial charge is 0.262 e. The number of benzene rings is 1. The van der Waals surface area contributed by atoms with Crippen molar-refractivity contribution in [1.29, 1.82) is 0 Å². The molecule has 0 radical (unpaired) electrons. The minimum Gasteiger partial charge on any atom is -0.264 e. The van der Waals surface area contributed by atoms with Gasteiger partial charge in [0.05, 0.1) is 17.2 Å². The molecule has 0 amide bonds. The van der Waals surface area contributed by atoms with Crippen LogP contribution >= 0.6 is 0 Å². The maximum atomic E-state index is 11.1. The van der Waals surface area contributed by atoms with Gasteiger partial charge in [0.25, 0.3) is 5.54 Å². The number of hydrogen-bond donors (Lipinski definition) is 0. The van der Waals surface area contributed by atoms with E-state index in [0.29, 0.717) is 17.6 Å². The number of para-hydroxylation sites is 2. The normalized spacial score (nSPS) is 14.5. The second kappa shape index (κ2) is 4.08. The second-order valence-corrected chi connectivity index (χ2v) is 4.13. The van der Waals surface area contributed by atoms with Crippen molar-refractivity contribution >= 4 is 11.0 Å². The van der Waals surface area contributed by atoms with Gasteiger partial charge in [-0.1, -0.05) is 19.1 Å². The summed E-state index contributed by atoms with van der Waals surface area (Å²) in [7, 11) is 0. The Morgan fingerprint density at radius 3 is 2.59 bits per heavy atom. The van der Waals surface area contributed by atoms with Gasteiger partial charge in [-0.3, -0.25) is 15.1 Å². The van der Waals surface area contributed by atoms with Crippen LogP contribution in [0, 0.1) is 10.1 Å². The molecule has 5 heteroatoms. The van der Waals surface area contributed by atoms with Crippen molar-refractivity contribution in [2.24, 2.45) is 0 Å². The number of rotatable bonds is 3. The summed E-state index contributed by atoms with van der Waals surface area (Å²) in [5.41, 5.74) is 0.671. The van der Waals surface area contributed by atoms with Crippen LogP contribution in [0.25, 0.3) is 11.0 Å². The molecule has 0 N–H and O–H groups in total. The van der Waals surface area contributed by atoms with Gasteiger partial charge >= 0.3 is 0 Å². The largest absolute Gasteiger partial charge is 0.264 e. The molecule has 0 bridgehead atoms. The zero-order valence-corrected chi connectivity index (χ0v) is 9.75. The lowest BCUT2D eigenvalue weighted by molar-refractivity contribution is -0.576. The average molecular weight is 231 g/mol. The van der Waals surface area contributed by atoms with E-state index >= 15 is 0 Å². The summed E-state index contributed by atoms with van der Waals surface area (Å²) < 4.78 is 0. The molecule has 0 spiro atoms. The maximum Gasteiger partial charge on any atom is 0.262 e. The molecule has 88 valence electrons. The molecule has 0 aliphatic rings. The van der Waals surface area contributed by atoms with E-state index < -0.39 is 5.54 Å². The Hall–Kier alpha value is -2.04. The van der Waals surface area contributed by atoms with Gasteiger partial charge in [-0.15, -0.1) is 0 Å². The van der Waals surface area contributed by atoms with Gasteiger partial charge in [-0.2, -0.15) is 0 Å². The number of hydrogen-bond acceptors (Lipinski definition) is 4. The molecule has 0 aliphatic carbocycles. The summed E-state index contributed by atoms with van der Waals surface area (Å²) in [6.07, 6.45) is 1.88. The SMILES string of the molecule is CCC(C)(c1cnc2ccccc2n1)[N+](=O)[O-]. The highest BCUT2D eigenvalue weighted by atomic mass is 16.6. The van der Waals surface area contributed by atoms with E-state index in [1.165, 1.54) is 6.20 Å². The lowest BCUT2D eigenvalue weighted by Crippen LogP contribution is -2.32. The van der Waals surface area contributed by atoms with E-state index in [1.807, 2.05) is 24.3 Å². The van der Waals surface area contributed by atoms with E-state index in [4.69, 9.17) is 0 Å². The molecule has 0 aliphatic heterocycles. The molecule has 2 rings (SSSR count). The highest BCUT2D eigenvalue weighted by Crippen LogP contribution is 2.26. The topological polar surface area (TPSA) is 68.9 Å². The Bertz CT molecular complexity index is 570. The van der Waals surface area contributed by atoms with Gasteiger partial charge in [-0.25, -0.2) is 4.98 Å². The van der Waals surface area contributed by atoms with Gasteiger partial charge in [0.2, 0.25) is 0 Å². The van der Waals surface area contributed by atoms with Crippen LogP contribution in [0.5, 0.6) is 0 Å². The van der Waals surface area contributed by atoms with E-state index in [-0.39, 0.29) is 4.92 Å². The highest BCUT2D eigenvalue weighted by Gasteiger charge is 2.39. The molecular weight excluding hydrogens is 218 g/mol. The first-order valence-electron chi connectivity index (χ1n) is 5.44. The van der Waals surface area contributed by atoms with Crippen LogP contribution in [0.2, 0.25) is 0 Å². The van der Waals surface area contributed by atoms with Crippen molar-refractivity contribution in [3.63, 3.8) is 0 Å². The van der Waals surface area contributed by atoms with Crippen molar-refractivity contribution in [2.75, 3.05) is 0 Å². The second-order valence-electron chi connectivity index (χ2n) is 4.13. The van der Waals surface area contributed by atoms with Gasteiger partial charge in [-0.05, 0) is 12.1 Å². The molecule has 1 heterocycles. The standard InChI is InChI=1S/C12H13N3O2/c1-3-12(2,15(16)17)11-8-13-9-6-4-5-7-10(9)14-11/h4-8H,3H2,1-2H3. The van der Waals surface area contributed by atoms with Gasteiger partial charge in [0.15, 0.2) is 0 Å². The summed E-state index contributed by atoms with van der Waals surface area (Å²) >= 11 is 0. The molecule has 1 aromatic heterocycles. The third-order valence-corrected chi connectivity index (χ3v) is 3.09. The number of nitrogens with zero attached hydrogens (tertiary/aromatic N) is 3. The van der Waals surface area contributed by atoms with Crippen LogP contribution in [-0.2, 0) is 5.54 Å². The monoisotopic (exact) mass is 231 g/mol. The molecule has 0 fully saturated rings. The fraction of sp³-hybridized carbons (Fsp3) is 0.333. The molecule has 2 aromatic rings. The van der Waals surface area contributed by atoms with Gasteiger partial charge < -0.3 is 0 Å². The molecule has 5 nitrogen and oxygen atoms in total. The van der Waals surface area contributed by atoms with Crippen LogP contribution < -0.4 is 0 Å². The lowest BCUT2D eigenvalue weighted by atomic mass is 9.96. The number of nitro groups is 1. The fourth-order valence-electron chi connectivity index (χ4n) is 1.62. The molecule has 1 atom stereocenters. The van der Waals surface area contributed by atoms with Crippen LogP contribution in [-0.4, -0.2) is 14.9 Å². The lowest BCUT2D eigenvalue weighted by Gasteiger charge is -2.18. The summed E-state index contributed by atoms with van der Waals surface area (Å²) in [4.78, 5) is 19.4. The first-order valence-corrected chi connectivity index (χ1v) is 5.44. The molecular formula is C12H13N3O2. The van der Waals surface area contributed by atoms with E-state index in [0.717, 1.165) is 5.52 Å². The van der Waals surface area contributed by atoms with Crippen LogP contribution in [0.3, 0.4) is 0 Å². The van der Waals surface area contributed by atoms with Crippen molar-refractivity contribution in [3.05, 3.63) is 46.3 Å². The van der Waals surface area contributed by atoms with E-state index in [1.54, 1.807) is 13.8 Å².